The fourth-order valence-corrected chi connectivity index (χ4v) is 4.43. The maximum Gasteiger partial charge on any atom is 0.272 e. The highest BCUT2D eigenvalue weighted by molar-refractivity contribution is 7.90. The van der Waals surface area contributed by atoms with E-state index in [1.165, 1.54) is 18.2 Å². The quantitative estimate of drug-likeness (QED) is 0.708. The van der Waals surface area contributed by atoms with Crippen LogP contribution in [0.25, 0.3) is 0 Å². The standard InChI is InChI=1S/C20H25ClFN3O2S/c1-20(2,3)28(27)24-17-7-5-6-13-14(17)11-25(4)18(13)19(26)23-12-8-9-16(22)15(21)10-12/h8-11,17,24H,5-7H2,1-4H3,(H,23,26)/t17-,28-/m1/s1. The molecule has 0 spiro atoms. The number of rotatable bonds is 4. The zero-order chi connectivity index (χ0) is 20.6. The van der Waals surface area contributed by atoms with Crippen LogP contribution in [0.4, 0.5) is 10.1 Å². The number of nitrogens with one attached hydrogen (secondary N) is 2. The summed E-state index contributed by atoms with van der Waals surface area (Å²) >= 11 is 4.61. The number of amides is 1. The van der Waals surface area contributed by atoms with Gasteiger partial charge in [0.2, 0.25) is 0 Å². The summed E-state index contributed by atoms with van der Waals surface area (Å²) in [6, 6.07) is 4.03. The van der Waals surface area contributed by atoms with E-state index in [0.29, 0.717) is 11.4 Å². The zero-order valence-corrected chi connectivity index (χ0v) is 18.0. The number of hydrogen-bond donors (Lipinski definition) is 2. The molecule has 5 nitrogen and oxygen atoms in total. The van der Waals surface area contributed by atoms with E-state index >= 15 is 0 Å². The van der Waals surface area contributed by atoms with Crippen molar-refractivity contribution in [1.82, 2.24) is 9.29 Å². The van der Waals surface area contributed by atoms with E-state index in [9.17, 15) is 13.7 Å². The lowest BCUT2D eigenvalue weighted by Gasteiger charge is -2.30. The molecule has 1 aliphatic rings. The molecule has 1 aliphatic carbocycles. The van der Waals surface area contributed by atoms with Gasteiger partial charge in [-0.05, 0) is 69.4 Å². The summed E-state index contributed by atoms with van der Waals surface area (Å²) < 4.78 is 30.5. The Morgan fingerprint density at radius 1 is 1.39 bits per heavy atom. The average Bonchev–Trinajstić information content (AvgIpc) is 2.94. The second-order valence-corrected chi connectivity index (χ2v) is 10.5. The highest BCUT2D eigenvalue weighted by Crippen LogP contribution is 2.35. The van der Waals surface area contributed by atoms with Crippen molar-refractivity contribution < 1.29 is 13.7 Å². The second kappa shape index (κ2) is 8.06. The number of anilines is 1. The lowest BCUT2D eigenvalue weighted by molar-refractivity contribution is 0.101. The molecule has 1 aromatic carbocycles. The number of aryl methyl sites for hydroxylation is 1. The number of carbonyl (C=O) groups excluding carboxylic acids is 1. The molecule has 2 N–H and O–H groups in total. The van der Waals surface area contributed by atoms with Gasteiger partial charge in [0, 0.05) is 30.3 Å². The van der Waals surface area contributed by atoms with E-state index < -0.39 is 17.2 Å². The Bertz CT molecular complexity index is 894. The highest BCUT2D eigenvalue weighted by Gasteiger charge is 2.34. The monoisotopic (exact) mass is 425 g/mol. The van der Waals surface area contributed by atoms with Crippen LogP contribution in [0.1, 0.15) is 61.3 Å². The van der Waals surface area contributed by atoms with Crippen LogP contribution in [-0.2, 0) is 24.8 Å². The SMILES string of the molecule is Cn1cc2c(c1C(=O)Nc1ccc(F)c(Cl)c1)CCC[C@H]2N[S@+]([O-])C(C)(C)C. The number of aromatic nitrogens is 1. The van der Waals surface area contributed by atoms with E-state index in [-0.39, 0.29) is 21.7 Å². The van der Waals surface area contributed by atoms with E-state index in [4.69, 9.17) is 11.6 Å². The van der Waals surface area contributed by atoms with E-state index in [2.05, 4.69) is 10.0 Å². The molecule has 28 heavy (non-hydrogen) atoms. The summed E-state index contributed by atoms with van der Waals surface area (Å²) in [7, 11) is 1.82. The van der Waals surface area contributed by atoms with Crippen LogP contribution in [0.15, 0.2) is 24.4 Å². The normalized spacial score (nSPS) is 17.9. The van der Waals surface area contributed by atoms with Crippen molar-refractivity contribution in [2.75, 3.05) is 5.32 Å². The van der Waals surface area contributed by atoms with Crippen LogP contribution < -0.4 is 10.0 Å². The number of fused-ring (bicyclic) bond motifs is 1. The van der Waals surface area contributed by atoms with Gasteiger partial charge in [0.1, 0.15) is 16.3 Å². The Morgan fingerprint density at radius 2 is 2.11 bits per heavy atom. The third-order valence-corrected chi connectivity index (χ3v) is 6.71. The molecule has 0 aliphatic heterocycles. The molecule has 0 unspecified atom stereocenters. The summed E-state index contributed by atoms with van der Waals surface area (Å²) in [4.78, 5) is 12.9. The van der Waals surface area contributed by atoms with Crippen LogP contribution in [0, 0.1) is 5.82 Å². The molecule has 1 aromatic heterocycles. The molecule has 1 amide bonds. The van der Waals surface area contributed by atoms with E-state index in [1.807, 2.05) is 34.0 Å². The van der Waals surface area contributed by atoms with Gasteiger partial charge in [-0.1, -0.05) is 11.6 Å². The first-order valence-corrected chi connectivity index (χ1v) is 10.7. The minimum Gasteiger partial charge on any atom is -0.598 e. The van der Waals surface area contributed by atoms with Crippen molar-refractivity contribution in [3.05, 3.63) is 52.1 Å². The van der Waals surface area contributed by atoms with Gasteiger partial charge < -0.3 is 14.4 Å². The first-order chi connectivity index (χ1) is 13.1. The maximum absolute atomic E-state index is 13.3. The van der Waals surface area contributed by atoms with Gasteiger partial charge in [-0.25, -0.2) is 4.39 Å². The first kappa shape index (κ1) is 21.2. The fourth-order valence-electron chi connectivity index (χ4n) is 3.39. The Balaban J connectivity index is 1.85. The van der Waals surface area contributed by atoms with Gasteiger partial charge >= 0.3 is 0 Å². The number of benzene rings is 1. The Hall–Kier alpha value is -1.54. The van der Waals surface area contributed by atoms with Crippen LogP contribution in [0.2, 0.25) is 5.02 Å². The molecule has 0 radical (unpaired) electrons. The van der Waals surface area contributed by atoms with Gasteiger partial charge in [-0.15, -0.1) is 4.72 Å². The topological polar surface area (TPSA) is 69.1 Å². The Kier molecular flexibility index (Phi) is 6.10. The Labute approximate surface area is 173 Å². The lowest BCUT2D eigenvalue weighted by Crippen LogP contribution is -2.42. The molecule has 0 saturated heterocycles. The first-order valence-electron chi connectivity index (χ1n) is 9.20. The summed E-state index contributed by atoms with van der Waals surface area (Å²) in [5.74, 6) is -0.805. The van der Waals surface area contributed by atoms with Crippen molar-refractivity contribution in [3.8, 4) is 0 Å². The third-order valence-electron chi connectivity index (χ3n) is 4.81. The molecule has 152 valence electrons. The highest BCUT2D eigenvalue weighted by atomic mass is 35.5. The molecule has 0 fully saturated rings. The minimum atomic E-state index is -1.20. The molecule has 0 saturated carbocycles. The van der Waals surface area contributed by atoms with Crippen LogP contribution >= 0.6 is 11.6 Å². The molecule has 0 bridgehead atoms. The maximum atomic E-state index is 13.3. The van der Waals surface area contributed by atoms with Gasteiger partial charge in [0.15, 0.2) is 0 Å². The number of nitrogens with zero attached hydrogens (tertiary/aromatic N) is 1. The summed E-state index contributed by atoms with van der Waals surface area (Å²) in [5, 5.41) is 2.75. The molecular weight excluding hydrogens is 401 g/mol. The molecule has 8 heteroatoms. The summed E-state index contributed by atoms with van der Waals surface area (Å²) in [6.45, 7) is 5.78. The predicted octanol–water partition coefficient (Wildman–Crippen LogP) is 4.50. The van der Waals surface area contributed by atoms with Crippen molar-refractivity contribution in [2.24, 2.45) is 7.05 Å². The summed E-state index contributed by atoms with van der Waals surface area (Å²) in [5.41, 5.74) is 2.96. The molecule has 3 rings (SSSR count). The molecule has 2 aromatic rings. The van der Waals surface area contributed by atoms with Crippen LogP contribution in [-0.4, -0.2) is 19.8 Å². The lowest BCUT2D eigenvalue weighted by atomic mass is 9.90. The van der Waals surface area contributed by atoms with Crippen molar-refractivity contribution in [1.29, 1.82) is 0 Å². The zero-order valence-electron chi connectivity index (χ0n) is 16.4. The van der Waals surface area contributed by atoms with Gasteiger partial charge in [-0.3, -0.25) is 4.79 Å². The van der Waals surface area contributed by atoms with Crippen molar-refractivity contribution >= 4 is 34.6 Å². The molecular formula is C20H25ClFN3O2S. The third kappa shape index (κ3) is 4.38. The summed E-state index contributed by atoms with van der Waals surface area (Å²) in [6.07, 6.45) is 4.48. The van der Waals surface area contributed by atoms with Gasteiger partial charge in [-0.2, -0.15) is 0 Å². The van der Waals surface area contributed by atoms with E-state index in [1.54, 1.807) is 4.57 Å². The predicted molar refractivity (Wildman–Crippen MR) is 111 cm³/mol. The number of halogens is 2. The van der Waals surface area contributed by atoms with Gasteiger partial charge in [0.05, 0.1) is 11.1 Å². The number of hydrogen-bond acceptors (Lipinski definition) is 3. The van der Waals surface area contributed by atoms with Gasteiger partial charge in [0.25, 0.3) is 5.91 Å². The van der Waals surface area contributed by atoms with Crippen molar-refractivity contribution in [2.45, 2.75) is 50.8 Å². The second-order valence-electron chi connectivity index (χ2n) is 8.05. The molecule has 1 heterocycles. The van der Waals surface area contributed by atoms with E-state index in [0.717, 1.165) is 30.4 Å². The molecule has 2 atom stereocenters. The smallest absolute Gasteiger partial charge is 0.272 e. The Morgan fingerprint density at radius 3 is 2.75 bits per heavy atom. The number of carbonyl (C=O) groups is 1. The largest absolute Gasteiger partial charge is 0.598 e. The van der Waals surface area contributed by atoms with Crippen LogP contribution in [0.5, 0.6) is 0 Å². The fraction of sp³-hybridized carbons (Fsp3) is 0.450. The van der Waals surface area contributed by atoms with Crippen molar-refractivity contribution in [3.63, 3.8) is 0 Å². The minimum absolute atomic E-state index is 0.0411. The van der Waals surface area contributed by atoms with Crippen LogP contribution in [0.3, 0.4) is 0 Å². The average molecular weight is 426 g/mol.